The number of fused-ring (bicyclic) bond motifs is 1. The number of likely N-dealkylation sites (N-methyl/N-ethyl adjacent to an activating group) is 1. The van der Waals surface area contributed by atoms with E-state index in [4.69, 9.17) is 0 Å². The first-order valence-electron chi connectivity index (χ1n) is 7.73. The van der Waals surface area contributed by atoms with Crippen LogP contribution in [0.15, 0.2) is 48.0 Å². The predicted octanol–water partition coefficient (Wildman–Crippen LogP) is 4.31. The van der Waals surface area contributed by atoms with Crippen molar-refractivity contribution in [1.29, 1.82) is 0 Å². The first-order valence-corrected chi connectivity index (χ1v) is 9.49. The van der Waals surface area contributed by atoms with Crippen molar-refractivity contribution >= 4 is 45.1 Å². The van der Waals surface area contributed by atoms with Crippen molar-refractivity contribution in [2.24, 2.45) is 0 Å². The summed E-state index contributed by atoms with van der Waals surface area (Å²) in [5.41, 5.74) is 2.04. The summed E-state index contributed by atoms with van der Waals surface area (Å²) in [5, 5.41) is 2.54. The molecule has 0 bridgehead atoms. The van der Waals surface area contributed by atoms with Gasteiger partial charge in [-0.1, -0.05) is 18.2 Å². The minimum absolute atomic E-state index is 0.135. The lowest BCUT2D eigenvalue weighted by molar-refractivity contribution is -0.125. The summed E-state index contributed by atoms with van der Waals surface area (Å²) in [7, 11) is 1.55. The molecule has 4 nitrogen and oxygen atoms in total. The van der Waals surface area contributed by atoms with E-state index >= 15 is 0 Å². The number of carbonyl (C=O) groups is 2. The Labute approximate surface area is 148 Å². The Morgan fingerprint density at radius 3 is 2.71 bits per heavy atom. The van der Waals surface area contributed by atoms with E-state index in [1.165, 1.54) is 9.78 Å². The van der Waals surface area contributed by atoms with Gasteiger partial charge in [0.25, 0.3) is 5.24 Å². The molecule has 0 spiro atoms. The van der Waals surface area contributed by atoms with Crippen molar-refractivity contribution in [3.8, 4) is 0 Å². The Balaban J connectivity index is 1.66. The molecule has 0 saturated carbocycles. The van der Waals surface area contributed by atoms with E-state index in [2.05, 4.69) is 40.4 Å². The van der Waals surface area contributed by atoms with Crippen molar-refractivity contribution in [3.63, 3.8) is 0 Å². The van der Waals surface area contributed by atoms with Gasteiger partial charge in [-0.3, -0.25) is 14.5 Å². The zero-order chi connectivity index (χ0) is 16.7. The second-order valence-electron chi connectivity index (χ2n) is 5.78. The summed E-state index contributed by atoms with van der Waals surface area (Å²) in [6.45, 7) is 0.901. The highest BCUT2D eigenvalue weighted by molar-refractivity contribution is 8.15. The second kappa shape index (κ2) is 6.11. The Bertz CT molecular complexity index is 914. The highest BCUT2D eigenvalue weighted by atomic mass is 32.2. The molecule has 1 fully saturated rings. The van der Waals surface area contributed by atoms with Crippen molar-refractivity contribution in [1.82, 2.24) is 9.47 Å². The van der Waals surface area contributed by atoms with Crippen LogP contribution in [-0.2, 0) is 17.8 Å². The third-order valence-electron chi connectivity index (χ3n) is 4.36. The first-order chi connectivity index (χ1) is 11.6. The monoisotopic (exact) mass is 356 g/mol. The van der Waals surface area contributed by atoms with Gasteiger partial charge < -0.3 is 4.57 Å². The fourth-order valence-corrected chi connectivity index (χ4v) is 4.79. The van der Waals surface area contributed by atoms with Crippen LogP contribution < -0.4 is 0 Å². The highest BCUT2D eigenvalue weighted by Gasteiger charge is 2.38. The Hall–Kier alpha value is -2.05. The van der Waals surface area contributed by atoms with Gasteiger partial charge in [-0.25, -0.2) is 0 Å². The zero-order valence-corrected chi connectivity index (χ0v) is 14.8. The number of carbonyl (C=O) groups excluding carboxylic acids is 2. The van der Waals surface area contributed by atoms with E-state index in [9.17, 15) is 9.59 Å². The number of aryl methyl sites for hydroxylation is 2. The van der Waals surface area contributed by atoms with Crippen LogP contribution in [0.2, 0.25) is 0 Å². The maximum absolute atomic E-state index is 12.3. The Morgan fingerprint density at radius 1 is 1.12 bits per heavy atom. The summed E-state index contributed by atoms with van der Waals surface area (Å²) in [5.74, 6) is -0.135. The van der Waals surface area contributed by atoms with Gasteiger partial charge in [0.2, 0.25) is 5.91 Å². The number of hydrogen-bond acceptors (Lipinski definition) is 4. The van der Waals surface area contributed by atoms with Crippen molar-refractivity contribution < 1.29 is 9.59 Å². The van der Waals surface area contributed by atoms with Crippen molar-refractivity contribution in [3.05, 3.63) is 58.4 Å². The van der Waals surface area contributed by atoms with Crippen LogP contribution in [0.1, 0.15) is 15.7 Å². The van der Waals surface area contributed by atoms with Gasteiger partial charge in [0.05, 0.1) is 0 Å². The van der Waals surface area contributed by atoms with E-state index in [-0.39, 0.29) is 11.1 Å². The van der Waals surface area contributed by atoms with Crippen molar-refractivity contribution in [2.75, 3.05) is 7.05 Å². The second-order valence-corrected chi connectivity index (χ2v) is 7.87. The number of thioether (sulfide) groups is 1. The van der Waals surface area contributed by atoms with E-state index in [0.717, 1.165) is 41.2 Å². The molecule has 1 aliphatic rings. The Kier molecular flexibility index (Phi) is 3.94. The molecule has 6 heteroatoms. The van der Waals surface area contributed by atoms with Gasteiger partial charge >= 0.3 is 0 Å². The highest BCUT2D eigenvalue weighted by Crippen LogP contribution is 2.41. The minimum atomic E-state index is -0.431. The van der Waals surface area contributed by atoms with E-state index in [1.54, 1.807) is 18.4 Å². The van der Waals surface area contributed by atoms with Gasteiger partial charge in [0, 0.05) is 35.6 Å². The molecule has 0 aliphatic carbocycles. The average molecular weight is 356 g/mol. The summed E-state index contributed by atoms with van der Waals surface area (Å²) in [4.78, 5) is 26.7. The van der Waals surface area contributed by atoms with E-state index in [0.29, 0.717) is 0 Å². The summed E-state index contributed by atoms with van der Waals surface area (Å²) in [6.07, 6.45) is 3.06. The SMILES string of the molecule is CN1C(=O)SC(c2cccc3c2ccn3CCc2cccs2)C1=O. The van der Waals surface area contributed by atoms with E-state index in [1.807, 2.05) is 12.1 Å². The maximum atomic E-state index is 12.3. The topological polar surface area (TPSA) is 42.3 Å². The third kappa shape index (κ3) is 2.56. The van der Waals surface area contributed by atoms with Crippen LogP contribution in [0.3, 0.4) is 0 Å². The smallest absolute Gasteiger partial charge is 0.289 e. The lowest BCUT2D eigenvalue weighted by Crippen LogP contribution is -2.24. The van der Waals surface area contributed by atoms with Gasteiger partial charge in [-0.2, -0.15) is 0 Å². The lowest BCUT2D eigenvalue weighted by atomic mass is 10.1. The van der Waals surface area contributed by atoms with Crippen LogP contribution in [-0.4, -0.2) is 27.7 Å². The molecular formula is C18H16N2O2S2. The van der Waals surface area contributed by atoms with Crippen LogP contribution in [0.5, 0.6) is 0 Å². The molecule has 4 rings (SSSR count). The number of aromatic nitrogens is 1. The molecular weight excluding hydrogens is 340 g/mol. The van der Waals surface area contributed by atoms with Gasteiger partial charge in [0.15, 0.2) is 0 Å². The molecule has 2 aromatic heterocycles. The number of imide groups is 1. The van der Waals surface area contributed by atoms with Crippen LogP contribution in [0.25, 0.3) is 10.9 Å². The average Bonchev–Trinajstić information content (AvgIpc) is 3.30. The normalized spacial score (nSPS) is 18.0. The quantitative estimate of drug-likeness (QED) is 0.699. The third-order valence-corrected chi connectivity index (χ3v) is 6.46. The molecule has 0 radical (unpaired) electrons. The number of thiophene rings is 1. The van der Waals surface area contributed by atoms with Gasteiger partial charge in [0.1, 0.15) is 5.25 Å². The molecule has 3 aromatic rings. The van der Waals surface area contributed by atoms with Crippen LogP contribution in [0.4, 0.5) is 4.79 Å². The number of hydrogen-bond donors (Lipinski definition) is 0. The molecule has 1 atom stereocenters. The van der Waals surface area contributed by atoms with Gasteiger partial charge in [-0.05, 0) is 47.3 Å². The first kappa shape index (κ1) is 15.5. The van der Waals surface area contributed by atoms with Crippen LogP contribution in [0, 0.1) is 0 Å². The molecule has 1 aliphatic heterocycles. The molecule has 1 unspecified atom stereocenters. The largest absolute Gasteiger partial charge is 0.347 e. The molecule has 2 amide bonds. The predicted molar refractivity (Wildman–Crippen MR) is 98.5 cm³/mol. The molecule has 122 valence electrons. The van der Waals surface area contributed by atoms with Gasteiger partial charge in [-0.15, -0.1) is 11.3 Å². The molecule has 3 heterocycles. The standard InChI is InChI=1S/C18H16N2O2S2/c1-19-17(21)16(24-18(19)22)14-5-2-6-15-13(14)8-10-20(15)9-7-12-4-3-11-23-12/h2-6,8,10-11,16H,7,9H2,1H3. The lowest BCUT2D eigenvalue weighted by Gasteiger charge is -2.10. The van der Waals surface area contributed by atoms with Crippen molar-refractivity contribution in [2.45, 2.75) is 18.2 Å². The number of benzene rings is 1. The minimum Gasteiger partial charge on any atom is -0.347 e. The number of nitrogens with zero attached hydrogens (tertiary/aromatic N) is 2. The summed E-state index contributed by atoms with van der Waals surface area (Å²) >= 11 is 2.87. The fourth-order valence-electron chi connectivity index (χ4n) is 3.05. The molecule has 0 N–H and O–H groups in total. The molecule has 1 aromatic carbocycles. The Morgan fingerprint density at radius 2 is 2.00 bits per heavy atom. The number of amides is 2. The molecule has 24 heavy (non-hydrogen) atoms. The number of rotatable bonds is 4. The van der Waals surface area contributed by atoms with Crippen LogP contribution >= 0.6 is 23.1 Å². The zero-order valence-electron chi connectivity index (χ0n) is 13.1. The summed E-state index contributed by atoms with van der Waals surface area (Å²) in [6, 6.07) is 12.3. The van der Waals surface area contributed by atoms with E-state index < -0.39 is 5.25 Å². The molecule has 1 saturated heterocycles. The fraction of sp³-hybridized carbons (Fsp3) is 0.222. The maximum Gasteiger partial charge on any atom is 0.289 e. The summed E-state index contributed by atoms with van der Waals surface area (Å²) < 4.78 is 2.22.